The Labute approximate surface area is 147 Å². The molecule has 3 rings (SSSR count). The molecule has 3 fully saturated rings. The van der Waals surface area contributed by atoms with Crippen LogP contribution < -0.4 is 7.06 Å². The summed E-state index contributed by atoms with van der Waals surface area (Å²) in [4.78, 5) is 12.2. The van der Waals surface area contributed by atoms with Crippen molar-refractivity contribution in [3.05, 3.63) is 0 Å². The SMILES string of the molecule is CC(O)(C1CCCCC1OC(=O)C(I)C12NI1N2)C(F)(F)F. The van der Waals surface area contributed by atoms with E-state index < -0.39 is 54.1 Å². The predicted molar refractivity (Wildman–Crippen MR) is 89.3 cm³/mol. The monoisotopic (exact) mass is 548 g/mol. The van der Waals surface area contributed by atoms with Gasteiger partial charge in [0.1, 0.15) is 0 Å². The van der Waals surface area contributed by atoms with E-state index in [1.54, 1.807) is 0 Å². The van der Waals surface area contributed by atoms with Gasteiger partial charge in [-0.2, -0.15) is 0 Å². The Morgan fingerprint density at radius 1 is 1.41 bits per heavy atom. The Morgan fingerprint density at radius 3 is 2.45 bits per heavy atom. The Kier molecular flexibility index (Phi) is 4.40. The van der Waals surface area contributed by atoms with Crippen molar-refractivity contribution >= 4 is 48.9 Å². The quantitative estimate of drug-likeness (QED) is 0.126. The molecule has 0 amide bonds. The molecule has 128 valence electrons. The van der Waals surface area contributed by atoms with Crippen molar-refractivity contribution in [2.75, 3.05) is 0 Å². The number of alkyl halides is 5. The molecule has 5 nitrogen and oxygen atoms in total. The van der Waals surface area contributed by atoms with E-state index in [-0.39, 0.29) is 10.1 Å². The molecule has 2 heterocycles. The first-order chi connectivity index (χ1) is 10.1. The Hall–Kier alpha value is 0.600. The molecule has 0 aromatic carbocycles. The summed E-state index contributed by atoms with van der Waals surface area (Å²) < 4.78 is 50.4. The Morgan fingerprint density at radius 2 is 1.95 bits per heavy atom. The summed E-state index contributed by atoms with van der Waals surface area (Å²) in [6.45, 7) is 0.777. The van der Waals surface area contributed by atoms with Gasteiger partial charge in [-0.1, -0.05) is 0 Å². The van der Waals surface area contributed by atoms with E-state index in [1.807, 2.05) is 22.6 Å². The molecule has 0 spiro atoms. The van der Waals surface area contributed by atoms with Crippen molar-refractivity contribution in [3.63, 3.8) is 0 Å². The molecule has 1 saturated carbocycles. The molecular weight excluding hydrogens is 531 g/mol. The predicted octanol–water partition coefficient (Wildman–Crippen LogP) is 2.40. The van der Waals surface area contributed by atoms with Gasteiger partial charge in [0.2, 0.25) is 0 Å². The zero-order valence-corrected chi connectivity index (χ0v) is 16.0. The summed E-state index contributed by atoms with van der Waals surface area (Å²) in [7, 11) is 0. The van der Waals surface area contributed by atoms with Crippen LogP contribution in [0.1, 0.15) is 32.6 Å². The number of halogens is 5. The van der Waals surface area contributed by atoms with E-state index in [4.69, 9.17) is 4.74 Å². The molecule has 2 aliphatic heterocycles. The second-order valence-electron chi connectivity index (χ2n) is 6.06. The Balaban J connectivity index is 1.68. The molecule has 1 aliphatic carbocycles. The molecule has 3 aliphatic rings. The first-order valence-corrected chi connectivity index (χ1v) is 11.5. The van der Waals surface area contributed by atoms with Gasteiger partial charge in [-0.3, -0.25) is 0 Å². The van der Waals surface area contributed by atoms with Gasteiger partial charge in [0, 0.05) is 0 Å². The van der Waals surface area contributed by atoms with Gasteiger partial charge in [0.25, 0.3) is 0 Å². The number of esters is 1. The number of hydrogen-bond acceptors (Lipinski definition) is 5. The number of fused-ring (bicyclic) bond motifs is 1. The third kappa shape index (κ3) is 2.86. The van der Waals surface area contributed by atoms with E-state index in [2.05, 4.69) is 7.06 Å². The number of aliphatic hydroxyl groups is 1. The van der Waals surface area contributed by atoms with E-state index >= 15 is 0 Å². The molecular formula is C12H17F3I2N2O3. The van der Waals surface area contributed by atoms with Crippen molar-refractivity contribution in [2.24, 2.45) is 5.92 Å². The van der Waals surface area contributed by atoms with Gasteiger partial charge in [0.05, 0.1) is 0 Å². The summed E-state index contributed by atoms with van der Waals surface area (Å²) in [6, 6.07) is 0. The summed E-state index contributed by atoms with van der Waals surface area (Å²) in [5.74, 6) is -1.60. The van der Waals surface area contributed by atoms with E-state index in [0.717, 1.165) is 6.92 Å². The second kappa shape index (κ2) is 5.56. The van der Waals surface area contributed by atoms with Gasteiger partial charge in [-0.25, -0.2) is 0 Å². The minimum absolute atomic E-state index is 0.205. The van der Waals surface area contributed by atoms with Gasteiger partial charge in [-0.05, 0) is 0 Å². The zero-order valence-electron chi connectivity index (χ0n) is 11.7. The Bertz CT molecular complexity index is 483. The van der Waals surface area contributed by atoms with E-state index in [9.17, 15) is 23.1 Å². The minimum atomic E-state index is -4.74. The van der Waals surface area contributed by atoms with Crippen molar-refractivity contribution in [1.29, 1.82) is 0 Å². The van der Waals surface area contributed by atoms with Crippen molar-refractivity contribution in [2.45, 2.75) is 58.1 Å². The zero-order chi connectivity index (χ0) is 16.3. The fourth-order valence-corrected chi connectivity index (χ4v) is 10.3. The van der Waals surface area contributed by atoms with Crippen LogP contribution in [-0.4, -0.2) is 36.6 Å². The second-order valence-corrected chi connectivity index (χ2v) is 11.7. The third-order valence-electron chi connectivity index (χ3n) is 4.51. The molecule has 2 saturated heterocycles. The van der Waals surface area contributed by atoms with Crippen molar-refractivity contribution < 1.29 is 27.8 Å². The van der Waals surface area contributed by atoms with Crippen LogP contribution >= 0.6 is 43.0 Å². The molecule has 0 aromatic heterocycles. The number of rotatable bonds is 4. The summed E-state index contributed by atoms with van der Waals surface area (Å²) >= 11 is 0.670. The van der Waals surface area contributed by atoms with Crippen molar-refractivity contribution in [1.82, 2.24) is 7.06 Å². The van der Waals surface area contributed by atoms with Crippen LogP contribution in [0.2, 0.25) is 0 Å². The normalized spacial score (nSPS) is 35.1. The van der Waals surface area contributed by atoms with Crippen LogP contribution in [0.15, 0.2) is 0 Å². The number of hydrogen-bond donors (Lipinski definition) is 3. The van der Waals surface area contributed by atoms with Crippen molar-refractivity contribution in [3.8, 4) is 0 Å². The molecule has 3 N–H and O–H groups in total. The van der Waals surface area contributed by atoms with Crippen LogP contribution in [0.3, 0.4) is 0 Å². The van der Waals surface area contributed by atoms with Gasteiger partial charge < -0.3 is 0 Å². The van der Waals surface area contributed by atoms with Crippen LogP contribution in [0.25, 0.3) is 0 Å². The molecule has 0 bridgehead atoms. The first-order valence-electron chi connectivity index (χ1n) is 6.99. The fourth-order valence-electron chi connectivity index (χ4n) is 2.89. The van der Waals surface area contributed by atoms with Gasteiger partial charge in [-0.15, -0.1) is 0 Å². The van der Waals surface area contributed by atoms with Gasteiger partial charge >= 0.3 is 148 Å². The average Bonchev–Trinajstić information content (AvgIpc) is 3.26. The first kappa shape index (κ1) is 17.4. The fraction of sp³-hybridized carbons (Fsp3) is 0.917. The molecule has 4 atom stereocenters. The molecule has 4 unspecified atom stereocenters. The van der Waals surface area contributed by atoms with E-state index in [0.29, 0.717) is 19.3 Å². The van der Waals surface area contributed by atoms with Crippen LogP contribution in [0.4, 0.5) is 13.2 Å². The molecule has 10 heteroatoms. The average molecular weight is 548 g/mol. The maximum atomic E-state index is 13.1. The van der Waals surface area contributed by atoms with Crippen LogP contribution in [-0.2, 0) is 9.53 Å². The van der Waals surface area contributed by atoms with Crippen LogP contribution in [0, 0.1) is 5.92 Å². The number of nitrogens with one attached hydrogen (secondary N) is 2. The summed E-state index contributed by atoms with van der Waals surface area (Å²) in [6.07, 6.45) is -3.75. The third-order valence-corrected chi connectivity index (χ3v) is 11.7. The van der Waals surface area contributed by atoms with Crippen LogP contribution in [0.5, 0.6) is 0 Å². The molecule has 0 radical (unpaired) electrons. The summed E-state index contributed by atoms with van der Waals surface area (Å²) in [5, 5.41) is 9.94. The number of carbonyl (C=O) groups is 1. The molecule has 22 heavy (non-hydrogen) atoms. The molecule has 0 aromatic rings. The van der Waals surface area contributed by atoms with Gasteiger partial charge in [0.15, 0.2) is 0 Å². The standard InChI is InChI=1S/C12H17F3I2N2O3/c1-10(21,12(13,14)15)6-4-2-3-5-7(6)22-9(20)8(16)11-17(18-11)19-11/h6-8,18-19,21H,2-5H2,1H3. The maximum absolute atomic E-state index is 13.1. The number of carbonyl (C=O) groups excluding carboxylic acids is 1. The summed E-state index contributed by atoms with van der Waals surface area (Å²) in [5.41, 5.74) is -2.84. The van der Waals surface area contributed by atoms with E-state index in [1.165, 1.54) is 0 Å². The topological polar surface area (TPSA) is 90.4 Å². The number of ether oxygens (including phenoxy) is 1.